The van der Waals surface area contributed by atoms with Crippen LogP contribution < -0.4 is 5.32 Å². The molecular formula is C14H28N2. The van der Waals surface area contributed by atoms with Crippen LogP contribution in [0.3, 0.4) is 0 Å². The molecule has 2 nitrogen and oxygen atoms in total. The van der Waals surface area contributed by atoms with E-state index in [1.165, 1.54) is 45.3 Å². The minimum atomic E-state index is 0.625. The highest BCUT2D eigenvalue weighted by Crippen LogP contribution is 2.35. The zero-order chi connectivity index (χ0) is 11.5. The summed E-state index contributed by atoms with van der Waals surface area (Å²) in [7, 11) is 0. The molecule has 0 bridgehead atoms. The molecule has 2 aliphatic rings. The average Bonchev–Trinajstić information content (AvgIpc) is 3.05. The van der Waals surface area contributed by atoms with Crippen molar-refractivity contribution in [3.8, 4) is 0 Å². The number of hydrogen-bond donors (Lipinski definition) is 1. The van der Waals surface area contributed by atoms with Gasteiger partial charge in [0.15, 0.2) is 0 Å². The van der Waals surface area contributed by atoms with Gasteiger partial charge in [0.1, 0.15) is 0 Å². The minimum absolute atomic E-state index is 0.625. The molecule has 0 heterocycles. The Hall–Kier alpha value is -0.0800. The third-order valence-corrected chi connectivity index (χ3v) is 3.67. The van der Waals surface area contributed by atoms with Crippen molar-refractivity contribution in [1.29, 1.82) is 0 Å². The highest BCUT2D eigenvalue weighted by Gasteiger charge is 2.33. The highest BCUT2D eigenvalue weighted by atomic mass is 15.2. The summed E-state index contributed by atoms with van der Waals surface area (Å²) >= 11 is 0. The van der Waals surface area contributed by atoms with Crippen molar-refractivity contribution in [3.05, 3.63) is 0 Å². The van der Waals surface area contributed by atoms with Gasteiger partial charge < -0.3 is 5.32 Å². The minimum Gasteiger partial charge on any atom is -0.314 e. The lowest BCUT2D eigenvalue weighted by Gasteiger charge is -2.26. The molecule has 2 aliphatic carbocycles. The Bertz CT molecular complexity index is 207. The molecule has 0 aliphatic heterocycles. The fourth-order valence-electron chi connectivity index (χ4n) is 2.35. The maximum absolute atomic E-state index is 3.55. The Kier molecular flexibility index (Phi) is 4.26. The van der Waals surface area contributed by atoms with E-state index < -0.39 is 0 Å². The third kappa shape index (κ3) is 4.42. The van der Waals surface area contributed by atoms with Gasteiger partial charge in [-0.2, -0.15) is 0 Å². The van der Waals surface area contributed by atoms with Crippen LogP contribution in [0.1, 0.15) is 46.5 Å². The fourth-order valence-corrected chi connectivity index (χ4v) is 2.35. The molecule has 0 radical (unpaired) electrons. The van der Waals surface area contributed by atoms with Gasteiger partial charge in [0.2, 0.25) is 0 Å². The van der Waals surface area contributed by atoms with E-state index in [-0.39, 0.29) is 0 Å². The molecule has 0 saturated heterocycles. The van der Waals surface area contributed by atoms with Gasteiger partial charge in [0, 0.05) is 25.2 Å². The Morgan fingerprint density at radius 2 is 1.81 bits per heavy atom. The van der Waals surface area contributed by atoms with Crippen LogP contribution in [0.5, 0.6) is 0 Å². The topological polar surface area (TPSA) is 15.3 Å². The molecule has 0 aromatic rings. The molecule has 2 heteroatoms. The molecule has 94 valence electrons. The molecule has 2 saturated carbocycles. The maximum atomic E-state index is 3.55. The van der Waals surface area contributed by atoms with Gasteiger partial charge in [0.05, 0.1) is 0 Å². The summed E-state index contributed by atoms with van der Waals surface area (Å²) in [6.07, 6.45) is 5.89. The molecule has 0 aromatic heterocycles. The van der Waals surface area contributed by atoms with Crippen molar-refractivity contribution in [2.45, 2.75) is 58.5 Å². The summed E-state index contributed by atoms with van der Waals surface area (Å²) in [5.74, 6) is 1.84. The van der Waals surface area contributed by atoms with Crippen molar-refractivity contribution >= 4 is 0 Å². The first-order valence-corrected chi connectivity index (χ1v) is 7.12. The summed E-state index contributed by atoms with van der Waals surface area (Å²) in [4.78, 5) is 2.77. The van der Waals surface area contributed by atoms with Crippen LogP contribution >= 0.6 is 0 Å². The first-order valence-electron chi connectivity index (χ1n) is 7.12. The van der Waals surface area contributed by atoms with E-state index in [1.807, 2.05) is 0 Å². The van der Waals surface area contributed by atoms with Gasteiger partial charge in [-0.25, -0.2) is 0 Å². The number of nitrogens with zero attached hydrogens (tertiary/aromatic N) is 1. The van der Waals surface area contributed by atoms with Crippen LogP contribution in [0.25, 0.3) is 0 Å². The standard InChI is InChI=1S/C14H28N2/c1-11(2)15-8-12(3)9-16(14-6-7-14)10-13-4-5-13/h11-15H,4-10H2,1-3H3. The number of nitrogens with one attached hydrogen (secondary N) is 1. The summed E-state index contributed by atoms with van der Waals surface area (Å²) in [6.45, 7) is 10.7. The Morgan fingerprint density at radius 3 is 2.31 bits per heavy atom. The molecule has 16 heavy (non-hydrogen) atoms. The van der Waals surface area contributed by atoms with Crippen LogP contribution in [-0.4, -0.2) is 36.6 Å². The molecule has 2 fully saturated rings. The monoisotopic (exact) mass is 224 g/mol. The van der Waals surface area contributed by atoms with Crippen molar-refractivity contribution < 1.29 is 0 Å². The van der Waals surface area contributed by atoms with E-state index in [1.54, 1.807) is 0 Å². The predicted molar refractivity (Wildman–Crippen MR) is 69.6 cm³/mol. The van der Waals surface area contributed by atoms with Crippen molar-refractivity contribution in [2.24, 2.45) is 11.8 Å². The average molecular weight is 224 g/mol. The van der Waals surface area contributed by atoms with Crippen LogP contribution in [0.4, 0.5) is 0 Å². The zero-order valence-corrected chi connectivity index (χ0v) is 11.2. The normalized spacial score (nSPS) is 23.1. The van der Waals surface area contributed by atoms with E-state index >= 15 is 0 Å². The van der Waals surface area contributed by atoms with Gasteiger partial charge in [0.25, 0.3) is 0 Å². The lowest BCUT2D eigenvalue weighted by molar-refractivity contribution is 0.215. The van der Waals surface area contributed by atoms with E-state index in [4.69, 9.17) is 0 Å². The van der Waals surface area contributed by atoms with E-state index in [2.05, 4.69) is 31.0 Å². The van der Waals surface area contributed by atoms with Crippen LogP contribution in [0.15, 0.2) is 0 Å². The van der Waals surface area contributed by atoms with Crippen LogP contribution in [0.2, 0.25) is 0 Å². The third-order valence-electron chi connectivity index (χ3n) is 3.67. The quantitative estimate of drug-likeness (QED) is 0.681. The summed E-state index contributed by atoms with van der Waals surface area (Å²) in [5.41, 5.74) is 0. The maximum Gasteiger partial charge on any atom is 0.00966 e. The van der Waals surface area contributed by atoms with Gasteiger partial charge in [-0.05, 0) is 44.1 Å². The number of rotatable bonds is 8. The van der Waals surface area contributed by atoms with Gasteiger partial charge in [-0.3, -0.25) is 4.90 Å². The molecule has 2 rings (SSSR count). The van der Waals surface area contributed by atoms with Gasteiger partial charge in [-0.1, -0.05) is 20.8 Å². The van der Waals surface area contributed by atoms with Gasteiger partial charge in [-0.15, -0.1) is 0 Å². The Labute approximate surface area is 101 Å². The molecule has 0 amide bonds. The summed E-state index contributed by atoms with van der Waals surface area (Å²) in [5, 5.41) is 3.55. The van der Waals surface area contributed by atoms with E-state index in [0.717, 1.165) is 17.9 Å². The molecule has 0 spiro atoms. The molecule has 0 aromatic carbocycles. The second-order valence-electron chi connectivity index (χ2n) is 6.30. The van der Waals surface area contributed by atoms with Crippen molar-refractivity contribution in [1.82, 2.24) is 10.2 Å². The van der Waals surface area contributed by atoms with E-state index in [9.17, 15) is 0 Å². The number of hydrogen-bond acceptors (Lipinski definition) is 2. The first-order chi connectivity index (χ1) is 7.65. The second kappa shape index (κ2) is 5.50. The Balaban J connectivity index is 1.66. The first kappa shape index (κ1) is 12.4. The van der Waals surface area contributed by atoms with E-state index in [0.29, 0.717) is 6.04 Å². The molecular weight excluding hydrogens is 196 g/mol. The zero-order valence-electron chi connectivity index (χ0n) is 11.2. The SMILES string of the molecule is CC(CNC(C)C)CN(CC1CC1)C1CC1. The highest BCUT2D eigenvalue weighted by molar-refractivity contribution is 4.89. The lowest BCUT2D eigenvalue weighted by Crippen LogP contribution is -2.37. The van der Waals surface area contributed by atoms with Crippen molar-refractivity contribution in [3.63, 3.8) is 0 Å². The summed E-state index contributed by atoms with van der Waals surface area (Å²) in [6, 6.07) is 1.57. The molecule has 1 unspecified atom stereocenters. The van der Waals surface area contributed by atoms with Gasteiger partial charge >= 0.3 is 0 Å². The second-order valence-corrected chi connectivity index (χ2v) is 6.30. The smallest absolute Gasteiger partial charge is 0.00966 e. The van der Waals surface area contributed by atoms with Crippen LogP contribution in [-0.2, 0) is 0 Å². The van der Waals surface area contributed by atoms with Crippen molar-refractivity contribution in [2.75, 3.05) is 19.6 Å². The fraction of sp³-hybridized carbons (Fsp3) is 1.00. The molecule has 1 N–H and O–H groups in total. The lowest BCUT2D eigenvalue weighted by atomic mass is 10.1. The van der Waals surface area contributed by atoms with Crippen LogP contribution in [0, 0.1) is 11.8 Å². The summed E-state index contributed by atoms with van der Waals surface area (Å²) < 4.78 is 0. The largest absolute Gasteiger partial charge is 0.314 e. The Morgan fingerprint density at radius 1 is 1.12 bits per heavy atom. The predicted octanol–water partition coefficient (Wildman–Crippen LogP) is 2.49. The molecule has 1 atom stereocenters.